The molecule has 0 saturated carbocycles. The third-order valence-corrected chi connectivity index (χ3v) is 5.69. The molecule has 0 bridgehead atoms. The zero-order valence-corrected chi connectivity index (χ0v) is 18.0. The van der Waals surface area contributed by atoms with Crippen molar-refractivity contribution in [3.8, 4) is 23.0 Å². The predicted molar refractivity (Wildman–Crippen MR) is 115 cm³/mol. The molecule has 0 radical (unpaired) electrons. The highest BCUT2D eigenvalue weighted by atomic mass is 16.5. The van der Waals surface area contributed by atoms with Crippen LogP contribution in [0, 0.1) is 6.92 Å². The zero-order valence-electron chi connectivity index (χ0n) is 18.0. The summed E-state index contributed by atoms with van der Waals surface area (Å²) in [6.45, 7) is 1.78. The van der Waals surface area contributed by atoms with Crippen molar-refractivity contribution >= 4 is 16.9 Å². The van der Waals surface area contributed by atoms with Gasteiger partial charge in [0.25, 0.3) is 0 Å². The van der Waals surface area contributed by atoms with Gasteiger partial charge in [0, 0.05) is 16.5 Å². The van der Waals surface area contributed by atoms with Crippen LogP contribution in [-0.4, -0.2) is 27.3 Å². The van der Waals surface area contributed by atoms with E-state index in [1.807, 2.05) is 6.07 Å². The molecule has 0 spiro atoms. The number of aryl methyl sites for hydroxylation is 2. The molecule has 0 atom stereocenters. The Morgan fingerprint density at radius 2 is 1.55 bits per heavy atom. The van der Waals surface area contributed by atoms with Gasteiger partial charge in [0.1, 0.15) is 11.3 Å². The Morgan fingerprint density at radius 1 is 0.903 bits per heavy atom. The molecule has 1 aliphatic rings. The predicted octanol–water partition coefficient (Wildman–Crippen LogP) is 4.23. The average Bonchev–Trinajstić information content (AvgIpc) is 2.80. The van der Waals surface area contributed by atoms with Crippen molar-refractivity contribution < 1.29 is 28.2 Å². The first-order valence-electron chi connectivity index (χ1n) is 10.1. The molecule has 4 rings (SSSR count). The second-order valence-electron chi connectivity index (χ2n) is 7.42. The van der Waals surface area contributed by atoms with E-state index in [0.717, 1.165) is 42.2 Å². The van der Waals surface area contributed by atoms with Gasteiger partial charge in [-0.15, -0.1) is 0 Å². The van der Waals surface area contributed by atoms with Crippen LogP contribution in [0.4, 0.5) is 0 Å². The first-order chi connectivity index (χ1) is 15.0. The smallest absolute Gasteiger partial charge is 0.343 e. The summed E-state index contributed by atoms with van der Waals surface area (Å²) in [5, 5.41) is 0.902. The summed E-state index contributed by atoms with van der Waals surface area (Å²) in [7, 11) is 4.44. The minimum atomic E-state index is -0.595. The fourth-order valence-corrected chi connectivity index (χ4v) is 4.09. The summed E-state index contributed by atoms with van der Waals surface area (Å²) >= 11 is 0. The summed E-state index contributed by atoms with van der Waals surface area (Å²) < 4.78 is 27.2. The normalized spacial score (nSPS) is 12.9. The topological polar surface area (TPSA) is 84.2 Å². The Kier molecular flexibility index (Phi) is 5.59. The van der Waals surface area contributed by atoms with Crippen LogP contribution < -0.4 is 24.6 Å². The van der Waals surface area contributed by atoms with Crippen molar-refractivity contribution in [2.45, 2.75) is 32.6 Å². The van der Waals surface area contributed by atoms with Crippen LogP contribution >= 0.6 is 0 Å². The standard InChI is InChI=1S/C24H24O7/c1-13-18(10-9-16-15-7-5-6-8-17(15)24(26)31-21(13)16)30-23(25)14-11-19(27-2)22(29-4)20(12-14)28-3/h9-12H,5-8H2,1-4H3. The van der Waals surface area contributed by atoms with Gasteiger partial charge in [0.15, 0.2) is 11.5 Å². The van der Waals surface area contributed by atoms with E-state index in [4.69, 9.17) is 23.4 Å². The van der Waals surface area contributed by atoms with Crippen LogP contribution in [0.2, 0.25) is 0 Å². The molecule has 3 aromatic rings. The molecule has 0 aliphatic heterocycles. The van der Waals surface area contributed by atoms with Gasteiger partial charge in [-0.25, -0.2) is 9.59 Å². The molecule has 0 unspecified atom stereocenters. The Labute approximate surface area is 179 Å². The highest BCUT2D eigenvalue weighted by Crippen LogP contribution is 2.39. The zero-order chi connectivity index (χ0) is 22.1. The Bertz CT molecular complexity index is 1200. The molecule has 7 heteroatoms. The number of carbonyl (C=O) groups excluding carboxylic acids is 1. The van der Waals surface area contributed by atoms with Gasteiger partial charge in [-0.05, 0) is 62.4 Å². The van der Waals surface area contributed by atoms with Gasteiger partial charge < -0.3 is 23.4 Å². The van der Waals surface area contributed by atoms with Crippen molar-refractivity contribution in [1.82, 2.24) is 0 Å². The van der Waals surface area contributed by atoms with E-state index in [1.165, 1.54) is 33.5 Å². The molecule has 31 heavy (non-hydrogen) atoms. The molecule has 0 amide bonds. The highest BCUT2D eigenvalue weighted by Gasteiger charge is 2.22. The highest BCUT2D eigenvalue weighted by molar-refractivity contribution is 5.94. The molecule has 1 aromatic heterocycles. The van der Waals surface area contributed by atoms with Crippen LogP contribution in [0.3, 0.4) is 0 Å². The van der Waals surface area contributed by atoms with Crippen molar-refractivity contribution in [3.05, 3.63) is 56.9 Å². The fourth-order valence-electron chi connectivity index (χ4n) is 4.09. The number of ether oxygens (including phenoxy) is 4. The fraction of sp³-hybridized carbons (Fsp3) is 0.333. The minimum absolute atomic E-state index is 0.237. The maximum absolute atomic E-state index is 12.9. The van der Waals surface area contributed by atoms with Crippen molar-refractivity contribution in [2.24, 2.45) is 0 Å². The second-order valence-corrected chi connectivity index (χ2v) is 7.42. The van der Waals surface area contributed by atoms with Gasteiger partial charge in [0.05, 0.1) is 26.9 Å². The second kappa shape index (κ2) is 8.34. The molecular formula is C24H24O7. The number of hydrogen-bond acceptors (Lipinski definition) is 7. The third kappa shape index (κ3) is 3.60. The lowest BCUT2D eigenvalue weighted by Gasteiger charge is -2.18. The minimum Gasteiger partial charge on any atom is -0.493 e. The SMILES string of the molecule is COc1cc(C(=O)Oc2ccc3c4c(c(=O)oc3c2C)CCCC4)cc(OC)c1OC. The van der Waals surface area contributed by atoms with Crippen LogP contribution in [0.5, 0.6) is 23.0 Å². The van der Waals surface area contributed by atoms with E-state index < -0.39 is 5.97 Å². The summed E-state index contributed by atoms with van der Waals surface area (Å²) in [4.78, 5) is 25.3. The maximum Gasteiger partial charge on any atom is 0.343 e. The Balaban J connectivity index is 1.73. The summed E-state index contributed by atoms with van der Waals surface area (Å²) in [6.07, 6.45) is 3.63. The summed E-state index contributed by atoms with van der Waals surface area (Å²) in [6, 6.07) is 6.64. The number of methoxy groups -OCH3 is 3. The number of carbonyl (C=O) groups is 1. The number of rotatable bonds is 5. The van der Waals surface area contributed by atoms with Crippen molar-refractivity contribution in [1.29, 1.82) is 0 Å². The van der Waals surface area contributed by atoms with Gasteiger partial charge in [-0.3, -0.25) is 0 Å². The molecule has 0 saturated heterocycles. The monoisotopic (exact) mass is 424 g/mol. The van der Waals surface area contributed by atoms with E-state index in [1.54, 1.807) is 13.0 Å². The quantitative estimate of drug-likeness (QED) is 0.344. The molecular weight excluding hydrogens is 400 g/mol. The number of hydrogen-bond donors (Lipinski definition) is 0. The van der Waals surface area contributed by atoms with Crippen molar-refractivity contribution in [3.63, 3.8) is 0 Å². The van der Waals surface area contributed by atoms with Gasteiger partial charge in [-0.2, -0.15) is 0 Å². The number of fused-ring (bicyclic) bond motifs is 3. The Morgan fingerprint density at radius 3 is 2.16 bits per heavy atom. The summed E-state index contributed by atoms with van der Waals surface area (Å²) in [5.41, 5.74) is 2.80. The lowest BCUT2D eigenvalue weighted by molar-refractivity contribution is 0.0732. The van der Waals surface area contributed by atoms with Crippen LogP contribution in [0.1, 0.15) is 39.9 Å². The van der Waals surface area contributed by atoms with E-state index in [9.17, 15) is 9.59 Å². The molecule has 1 aliphatic carbocycles. The third-order valence-electron chi connectivity index (χ3n) is 5.69. The molecule has 0 N–H and O–H groups in total. The van der Waals surface area contributed by atoms with E-state index in [2.05, 4.69) is 0 Å². The largest absolute Gasteiger partial charge is 0.493 e. The van der Waals surface area contributed by atoms with E-state index in [-0.39, 0.29) is 11.2 Å². The molecule has 1 heterocycles. The van der Waals surface area contributed by atoms with E-state index >= 15 is 0 Å². The lowest BCUT2D eigenvalue weighted by atomic mass is 9.90. The van der Waals surface area contributed by atoms with Crippen molar-refractivity contribution in [2.75, 3.05) is 21.3 Å². The first kappa shape index (κ1) is 20.8. The van der Waals surface area contributed by atoms with Gasteiger partial charge >= 0.3 is 11.6 Å². The number of benzene rings is 2. The Hall–Kier alpha value is -3.48. The number of esters is 1. The first-order valence-corrected chi connectivity index (χ1v) is 10.1. The average molecular weight is 424 g/mol. The van der Waals surface area contributed by atoms with Gasteiger partial charge in [0.2, 0.25) is 5.75 Å². The molecule has 0 fully saturated rings. The van der Waals surface area contributed by atoms with E-state index in [0.29, 0.717) is 34.1 Å². The van der Waals surface area contributed by atoms with Crippen LogP contribution in [0.15, 0.2) is 33.5 Å². The lowest BCUT2D eigenvalue weighted by Crippen LogP contribution is -2.16. The van der Waals surface area contributed by atoms with Crippen LogP contribution in [0.25, 0.3) is 11.0 Å². The maximum atomic E-state index is 12.9. The molecule has 162 valence electrons. The molecule has 7 nitrogen and oxygen atoms in total. The molecule has 2 aromatic carbocycles. The van der Waals surface area contributed by atoms with Crippen LogP contribution in [-0.2, 0) is 12.8 Å². The summed E-state index contributed by atoms with van der Waals surface area (Å²) in [5.74, 6) is 0.811. The van der Waals surface area contributed by atoms with Gasteiger partial charge in [-0.1, -0.05) is 0 Å².